The fourth-order valence-corrected chi connectivity index (χ4v) is 1.91. The van der Waals surface area contributed by atoms with Crippen molar-refractivity contribution >= 4 is 11.5 Å². The van der Waals surface area contributed by atoms with Gasteiger partial charge in [0.15, 0.2) is 5.78 Å². The van der Waals surface area contributed by atoms with Crippen molar-refractivity contribution in [2.45, 2.75) is 13.3 Å². The molecule has 3 heteroatoms. The van der Waals surface area contributed by atoms with Gasteiger partial charge in [0.1, 0.15) is 0 Å². The number of benzene rings is 1. The zero-order valence-electron chi connectivity index (χ0n) is 11.3. The van der Waals surface area contributed by atoms with E-state index in [1.165, 1.54) is 0 Å². The molecule has 1 aromatic carbocycles. The molecule has 0 aliphatic rings. The first kappa shape index (κ1) is 13.3. The number of hydrogen-bond donors (Lipinski definition) is 0. The minimum atomic E-state index is 0.0997. The van der Waals surface area contributed by atoms with Crippen LogP contribution in [0, 0.1) is 0 Å². The van der Waals surface area contributed by atoms with Crippen molar-refractivity contribution in [3.63, 3.8) is 0 Å². The van der Waals surface area contributed by atoms with Gasteiger partial charge in [0.05, 0.1) is 0 Å². The van der Waals surface area contributed by atoms with Crippen molar-refractivity contribution < 1.29 is 4.79 Å². The fraction of sp³-hybridized carbons (Fsp3) is 0.250. The molecule has 2 aromatic rings. The monoisotopic (exact) mass is 254 g/mol. The van der Waals surface area contributed by atoms with Crippen LogP contribution in [-0.4, -0.2) is 24.4 Å². The Morgan fingerprint density at radius 2 is 1.89 bits per heavy atom. The predicted molar refractivity (Wildman–Crippen MR) is 77.7 cm³/mol. The van der Waals surface area contributed by atoms with Crippen LogP contribution in [0.3, 0.4) is 0 Å². The lowest BCUT2D eigenvalue weighted by Gasteiger charge is -2.19. The molecule has 0 radical (unpaired) electrons. The highest BCUT2D eigenvalue weighted by molar-refractivity contribution is 5.94. The predicted octanol–water partition coefficient (Wildman–Crippen LogP) is 2.96. The van der Waals surface area contributed by atoms with Crippen molar-refractivity contribution in [2.75, 3.05) is 18.5 Å². The van der Waals surface area contributed by atoms with Crippen molar-refractivity contribution in [2.24, 2.45) is 0 Å². The van der Waals surface area contributed by atoms with Crippen LogP contribution in [0.4, 0.5) is 5.69 Å². The largest absolute Gasteiger partial charge is 0.374 e. The minimum absolute atomic E-state index is 0.0997. The molecule has 0 spiro atoms. The van der Waals surface area contributed by atoms with Crippen LogP contribution in [0.15, 0.2) is 48.7 Å². The van der Waals surface area contributed by atoms with Gasteiger partial charge in [-0.15, -0.1) is 0 Å². The van der Waals surface area contributed by atoms with Crippen molar-refractivity contribution in [1.29, 1.82) is 0 Å². The summed E-state index contributed by atoms with van der Waals surface area (Å²) in [6, 6.07) is 13.7. The van der Waals surface area contributed by atoms with Gasteiger partial charge in [-0.25, -0.2) is 0 Å². The molecule has 0 unspecified atom stereocenters. The van der Waals surface area contributed by atoms with Gasteiger partial charge in [0.2, 0.25) is 0 Å². The quantitative estimate of drug-likeness (QED) is 0.769. The van der Waals surface area contributed by atoms with Crippen LogP contribution >= 0.6 is 0 Å². The number of carbonyl (C=O) groups excluding carboxylic acids is 1. The number of nitrogens with zero attached hydrogens (tertiary/aromatic N) is 2. The van der Waals surface area contributed by atoms with Gasteiger partial charge >= 0.3 is 0 Å². The molecule has 0 saturated carbocycles. The first-order valence-electron chi connectivity index (χ1n) is 6.39. The van der Waals surface area contributed by atoms with Crippen LogP contribution in [0.2, 0.25) is 0 Å². The van der Waals surface area contributed by atoms with E-state index in [-0.39, 0.29) is 5.78 Å². The Morgan fingerprint density at radius 3 is 2.47 bits per heavy atom. The third kappa shape index (κ3) is 3.65. The summed E-state index contributed by atoms with van der Waals surface area (Å²) in [6.07, 6.45) is 2.72. The number of likely N-dealkylation sites (N-methyl/N-ethyl adjacent to an activating group) is 1. The first-order valence-corrected chi connectivity index (χ1v) is 6.39. The topological polar surface area (TPSA) is 33.2 Å². The van der Waals surface area contributed by atoms with Crippen LogP contribution in [0.25, 0.3) is 0 Å². The van der Waals surface area contributed by atoms with Crippen LogP contribution in [0.5, 0.6) is 0 Å². The van der Waals surface area contributed by atoms with Gasteiger partial charge in [0, 0.05) is 43.2 Å². The molecule has 0 fully saturated rings. The molecular formula is C16H18N2O. The van der Waals surface area contributed by atoms with E-state index in [9.17, 15) is 4.79 Å². The van der Waals surface area contributed by atoms with E-state index in [2.05, 4.69) is 9.88 Å². The number of pyridine rings is 1. The Kier molecular flexibility index (Phi) is 4.29. The van der Waals surface area contributed by atoms with Gasteiger partial charge in [0.25, 0.3) is 0 Å². The second-order valence-electron chi connectivity index (χ2n) is 4.60. The molecule has 2 rings (SSSR count). The van der Waals surface area contributed by atoms with Crippen LogP contribution in [0.1, 0.15) is 23.0 Å². The third-order valence-corrected chi connectivity index (χ3v) is 3.14. The van der Waals surface area contributed by atoms with Gasteiger partial charge in [-0.1, -0.05) is 6.07 Å². The average Bonchev–Trinajstić information content (AvgIpc) is 2.46. The number of carbonyl (C=O) groups is 1. The van der Waals surface area contributed by atoms with Crippen molar-refractivity contribution in [1.82, 2.24) is 4.98 Å². The average molecular weight is 254 g/mol. The third-order valence-electron chi connectivity index (χ3n) is 3.14. The van der Waals surface area contributed by atoms with E-state index in [1.54, 1.807) is 6.92 Å². The lowest BCUT2D eigenvalue weighted by molar-refractivity contribution is 0.101. The minimum Gasteiger partial charge on any atom is -0.374 e. The highest BCUT2D eigenvalue weighted by Crippen LogP contribution is 2.14. The van der Waals surface area contributed by atoms with Crippen LogP contribution < -0.4 is 4.90 Å². The van der Waals surface area contributed by atoms with E-state index in [4.69, 9.17) is 0 Å². The summed E-state index contributed by atoms with van der Waals surface area (Å²) in [5.74, 6) is 0.0997. The van der Waals surface area contributed by atoms with E-state index < -0.39 is 0 Å². The summed E-state index contributed by atoms with van der Waals surface area (Å²) in [5, 5.41) is 0. The SMILES string of the molecule is CC(=O)c1ccc(N(C)CCc2ccccn2)cc1. The Labute approximate surface area is 113 Å². The lowest BCUT2D eigenvalue weighted by atomic mass is 10.1. The molecule has 0 aliphatic carbocycles. The molecule has 0 N–H and O–H groups in total. The Hall–Kier alpha value is -2.16. The second kappa shape index (κ2) is 6.14. The molecular weight excluding hydrogens is 236 g/mol. The van der Waals surface area contributed by atoms with E-state index in [1.807, 2.05) is 55.7 Å². The van der Waals surface area contributed by atoms with E-state index in [0.29, 0.717) is 0 Å². The molecule has 1 aromatic heterocycles. The summed E-state index contributed by atoms with van der Waals surface area (Å²) in [7, 11) is 2.05. The molecule has 19 heavy (non-hydrogen) atoms. The zero-order chi connectivity index (χ0) is 13.7. The molecule has 0 amide bonds. The number of anilines is 1. The maximum atomic E-state index is 11.2. The van der Waals surface area contributed by atoms with Gasteiger partial charge < -0.3 is 4.90 Å². The standard InChI is InChI=1S/C16H18N2O/c1-13(19)14-6-8-16(9-7-14)18(2)12-10-15-5-3-4-11-17-15/h3-9,11H,10,12H2,1-2H3. The summed E-state index contributed by atoms with van der Waals surface area (Å²) >= 11 is 0. The van der Waals surface area contributed by atoms with Crippen LogP contribution in [-0.2, 0) is 6.42 Å². The number of hydrogen-bond acceptors (Lipinski definition) is 3. The Balaban J connectivity index is 1.96. The Bertz CT molecular complexity index is 534. The lowest BCUT2D eigenvalue weighted by Crippen LogP contribution is -2.20. The number of Topliss-reactive ketones (excluding diaryl/α,β-unsaturated/α-hetero) is 1. The molecule has 0 saturated heterocycles. The molecule has 0 atom stereocenters. The number of ketones is 1. The van der Waals surface area contributed by atoms with E-state index in [0.717, 1.165) is 29.9 Å². The van der Waals surface area contributed by atoms with Gasteiger partial charge in [-0.3, -0.25) is 9.78 Å². The fourth-order valence-electron chi connectivity index (χ4n) is 1.91. The molecule has 98 valence electrons. The molecule has 3 nitrogen and oxygen atoms in total. The summed E-state index contributed by atoms with van der Waals surface area (Å²) in [6.45, 7) is 2.48. The summed E-state index contributed by atoms with van der Waals surface area (Å²) in [5.41, 5.74) is 2.96. The first-order chi connectivity index (χ1) is 9.16. The summed E-state index contributed by atoms with van der Waals surface area (Å²) in [4.78, 5) is 17.7. The molecule has 1 heterocycles. The van der Waals surface area contributed by atoms with Gasteiger partial charge in [-0.2, -0.15) is 0 Å². The smallest absolute Gasteiger partial charge is 0.159 e. The van der Waals surface area contributed by atoms with Crippen molar-refractivity contribution in [3.05, 3.63) is 59.9 Å². The van der Waals surface area contributed by atoms with Crippen molar-refractivity contribution in [3.8, 4) is 0 Å². The van der Waals surface area contributed by atoms with Gasteiger partial charge in [-0.05, 0) is 43.3 Å². The van der Waals surface area contributed by atoms with E-state index >= 15 is 0 Å². The maximum Gasteiger partial charge on any atom is 0.159 e. The zero-order valence-corrected chi connectivity index (χ0v) is 11.3. The highest BCUT2D eigenvalue weighted by atomic mass is 16.1. The maximum absolute atomic E-state index is 11.2. The Morgan fingerprint density at radius 1 is 1.16 bits per heavy atom. The molecule has 0 bridgehead atoms. The number of aromatic nitrogens is 1. The molecule has 0 aliphatic heterocycles. The second-order valence-corrected chi connectivity index (χ2v) is 4.60. The number of rotatable bonds is 5. The highest BCUT2D eigenvalue weighted by Gasteiger charge is 2.03. The summed E-state index contributed by atoms with van der Waals surface area (Å²) < 4.78 is 0. The normalized spacial score (nSPS) is 10.2.